The van der Waals surface area contributed by atoms with Gasteiger partial charge in [0.2, 0.25) is 5.91 Å². The van der Waals surface area contributed by atoms with Crippen LogP contribution in [0, 0.1) is 12.8 Å². The topological polar surface area (TPSA) is 54.0 Å². The Hall–Kier alpha value is -2.14. The fraction of sp³-hybridized carbons (Fsp3) is 0.294. The second-order valence-corrected chi connectivity index (χ2v) is 6.52. The van der Waals surface area contributed by atoms with Crippen molar-refractivity contribution in [3.8, 4) is 11.3 Å². The van der Waals surface area contributed by atoms with Crippen molar-refractivity contribution in [2.75, 3.05) is 17.2 Å². The Morgan fingerprint density at radius 2 is 2.05 bits per heavy atom. The first-order valence-corrected chi connectivity index (χ1v) is 8.06. The number of thiazole rings is 1. The maximum Gasteiger partial charge on any atom is 0.226 e. The second-order valence-electron chi connectivity index (χ2n) is 5.31. The molecule has 116 valence electrons. The number of aromatic nitrogens is 1. The van der Waals surface area contributed by atoms with Crippen LogP contribution in [0.5, 0.6) is 0 Å². The minimum Gasteiger partial charge on any atom is -0.358 e. The van der Waals surface area contributed by atoms with Crippen molar-refractivity contribution in [3.05, 3.63) is 41.8 Å². The van der Waals surface area contributed by atoms with Crippen LogP contribution in [0.25, 0.3) is 11.3 Å². The number of hydrogen-bond acceptors (Lipinski definition) is 4. The van der Waals surface area contributed by atoms with Crippen LogP contribution in [-0.2, 0) is 4.79 Å². The zero-order valence-corrected chi connectivity index (χ0v) is 14.0. The summed E-state index contributed by atoms with van der Waals surface area (Å²) in [4.78, 5) is 17.5. The minimum atomic E-state index is -0.0287. The minimum absolute atomic E-state index is 0.0218. The van der Waals surface area contributed by atoms with Gasteiger partial charge >= 0.3 is 0 Å². The van der Waals surface area contributed by atoms with Crippen molar-refractivity contribution in [2.24, 2.45) is 5.92 Å². The molecule has 2 aromatic rings. The lowest BCUT2D eigenvalue weighted by molar-refractivity contribution is -0.118. The van der Waals surface area contributed by atoms with Gasteiger partial charge in [0.25, 0.3) is 0 Å². The van der Waals surface area contributed by atoms with E-state index in [1.54, 1.807) is 11.3 Å². The Labute approximate surface area is 135 Å². The SMILES string of the molecule is C=CCNc1nc(-c2ccc(NC(=O)C(C)C)cc2)c(C)s1. The fourth-order valence-corrected chi connectivity index (χ4v) is 2.74. The first kappa shape index (κ1) is 16.2. The number of amides is 1. The monoisotopic (exact) mass is 315 g/mol. The third-order valence-corrected chi connectivity index (χ3v) is 4.07. The highest BCUT2D eigenvalue weighted by molar-refractivity contribution is 7.16. The lowest BCUT2D eigenvalue weighted by atomic mass is 10.1. The van der Waals surface area contributed by atoms with Crippen LogP contribution in [0.15, 0.2) is 36.9 Å². The molecule has 2 N–H and O–H groups in total. The average molecular weight is 315 g/mol. The molecule has 0 radical (unpaired) electrons. The number of hydrogen-bond donors (Lipinski definition) is 2. The zero-order valence-electron chi connectivity index (χ0n) is 13.1. The maximum atomic E-state index is 11.7. The van der Waals surface area contributed by atoms with E-state index in [2.05, 4.69) is 29.1 Å². The largest absolute Gasteiger partial charge is 0.358 e. The molecule has 1 aromatic heterocycles. The normalized spacial score (nSPS) is 10.5. The summed E-state index contributed by atoms with van der Waals surface area (Å²) >= 11 is 1.63. The lowest BCUT2D eigenvalue weighted by Crippen LogP contribution is -2.17. The lowest BCUT2D eigenvalue weighted by Gasteiger charge is -2.08. The first-order chi connectivity index (χ1) is 10.5. The first-order valence-electron chi connectivity index (χ1n) is 7.24. The van der Waals surface area contributed by atoms with E-state index in [0.29, 0.717) is 6.54 Å². The Morgan fingerprint density at radius 1 is 1.36 bits per heavy atom. The summed E-state index contributed by atoms with van der Waals surface area (Å²) in [6.07, 6.45) is 1.81. The number of aryl methyl sites for hydroxylation is 1. The van der Waals surface area contributed by atoms with E-state index in [-0.39, 0.29) is 11.8 Å². The van der Waals surface area contributed by atoms with Crippen molar-refractivity contribution in [1.82, 2.24) is 4.98 Å². The summed E-state index contributed by atoms with van der Waals surface area (Å²) in [5.41, 5.74) is 2.82. The van der Waals surface area contributed by atoms with Gasteiger partial charge < -0.3 is 10.6 Å². The van der Waals surface area contributed by atoms with E-state index in [1.807, 2.05) is 44.2 Å². The van der Waals surface area contributed by atoms with Crippen LogP contribution in [0.3, 0.4) is 0 Å². The molecule has 0 unspecified atom stereocenters. The van der Waals surface area contributed by atoms with Crippen LogP contribution in [0.1, 0.15) is 18.7 Å². The highest BCUT2D eigenvalue weighted by Crippen LogP contribution is 2.30. The molecule has 0 saturated carbocycles. The van der Waals surface area contributed by atoms with Gasteiger partial charge in [0.15, 0.2) is 5.13 Å². The van der Waals surface area contributed by atoms with Crippen molar-refractivity contribution < 1.29 is 4.79 Å². The summed E-state index contributed by atoms with van der Waals surface area (Å²) in [6, 6.07) is 7.78. The number of nitrogens with one attached hydrogen (secondary N) is 2. The molecule has 0 saturated heterocycles. The Kier molecular flexibility index (Phi) is 5.33. The molecule has 4 nitrogen and oxygen atoms in total. The Bertz CT molecular complexity index is 659. The van der Waals surface area contributed by atoms with Crippen molar-refractivity contribution in [1.29, 1.82) is 0 Å². The molecule has 0 spiro atoms. The molecule has 5 heteroatoms. The van der Waals surface area contributed by atoms with Gasteiger partial charge in [0, 0.05) is 28.6 Å². The number of nitrogens with zero attached hydrogens (tertiary/aromatic N) is 1. The average Bonchev–Trinajstić information content (AvgIpc) is 2.87. The third kappa shape index (κ3) is 3.95. The molecule has 0 fully saturated rings. The molecule has 0 aliphatic rings. The maximum absolute atomic E-state index is 11.7. The van der Waals surface area contributed by atoms with Crippen molar-refractivity contribution >= 4 is 28.1 Å². The fourth-order valence-electron chi connectivity index (χ4n) is 1.90. The quantitative estimate of drug-likeness (QED) is 0.781. The summed E-state index contributed by atoms with van der Waals surface area (Å²) < 4.78 is 0. The number of anilines is 2. The molecule has 0 aliphatic carbocycles. The van der Waals surface area contributed by atoms with E-state index in [0.717, 1.165) is 27.0 Å². The van der Waals surface area contributed by atoms with E-state index in [1.165, 1.54) is 0 Å². The Morgan fingerprint density at radius 3 is 2.64 bits per heavy atom. The standard InChI is InChI=1S/C17H21N3OS/c1-5-10-18-17-20-15(12(4)22-17)13-6-8-14(9-7-13)19-16(21)11(2)3/h5-9,11H,1,10H2,2-4H3,(H,18,20)(H,19,21). The molecule has 1 aromatic carbocycles. The summed E-state index contributed by atoms with van der Waals surface area (Å²) in [7, 11) is 0. The molecular formula is C17H21N3OS. The van der Waals surface area contributed by atoms with Crippen LogP contribution >= 0.6 is 11.3 Å². The van der Waals surface area contributed by atoms with Gasteiger partial charge in [-0.1, -0.05) is 32.1 Å². The van der Waals surface area contributed by atoms with Gasteiger partial charge in [0.1, 0.15) is 0 Å². The van der Waals surface area contributed by atoms with E-state index in [4.69, 9.17) is 0 Å². The van der Waals surface area contributed by atoms with Gasteiger partial charge in [0.05, 0.1) is 5.69 Å². The predicted molar refractivity (Wildman–Crippen MR) is 94.4 cm³/mol. The molecule has 0 atom stereocenters. The summed E-state index contributed by atoms with van der Waals surface area (Å²) in [6.45, 7) is 10.2. The highest BCUT2D eigenvalue weighted by Gasteiger charge is 2.10. The molecule has 0 bridgehead atoms. The van der Waals surface area contributed by atoms with E-state index in [9.17, 15) is 4.79 Å². The van der Waals surface area contributed by atoms with Crippen LogP contribution < -0.4 is 10.6 Å². The molecule has 1 heterocycles. The van der Waals surface area contributed by atoms with Crippen LogP contribution in [-0.4, -0.2) is 17.4 Å². The Balaban J connectivity index is 2.14. The van der Waals surface area contributed by atoms with Crippen LogP contribution in [0.2, 0.25) is 0 Å². The number of carbonyl (C=O) groups excluding carboxylic acids is 1. The van der Waals surface area contributed by atoms with Gasteiger partial charge in [-0.15, -0.1) is 17.9 Å². The molecule has 2 rings (SSSR count). The van der Waals surface area contributed by atoms with Crippen LogP contribution in [0.4, 0.5) is 10.8 Å². The van der Waals surface area contributed by atoms with Gasteiger partial charge in [-0.25, -0.2) is 4.98 Å². The van der Waals surface area contributed by atoms with Gasteiger partial charge in [-0.05, 0) is 19.1 Å². The summed E-state index contributed by atoms with van der Waals surface area (Å²) in [5.74, 6) is -0.00699. The molecular weight excluding hydrogens is 294 g/mol. The number of benzene rings is 1. The number of rotatable bonds is 6. The molecule has 0 aliphatic heterocycles. The molecule has 22 heavy (non-hydrogen) atoms. The van der Waals surface area contributed by atoms with Gasteiger partial charge in [-0.3, -0.25) is 4.79 Å². The van der Waals surface area contributed by atoms with Crippen molar-refractivity contribution in [2.45, 2.75) is 20.8 Å². The predicted octanol–water partition coefficient (Wildman–Crippen LogP) is 4.31. The van der Waals surface area contributed by atoms with Crippen molar-refractivity contribution in [3.63, 3.8) is 0 Å². The third-order valence-electron chi connectivity index (χ3n) is 3.14. The van der Waals surface area contributed by atoms with E-state index < -0.39 is 0 Å². The zero-order chi connectivity index (χ0) is 16.1. The summed E-state index contributed by atoms with van der Waals surface area (Å²) in [5, 5.41) is 6.99. The molecule has 1 amide bonds. The second kappa shape index (κ2) is 7.22. The number of carbonyl (C=O) groups is 1. The highest BCUT2D eigenvalue weighted by atomic mass is 32.1. The smallest absolute Gasteiger partial charge is 0.226 e. The van der Waals surface area contributed by atoms with Gasteiger partial charge in [-0.2, -0.15) is 0 Å². The van der Waals surface area contributed by atoms with E-state index >= 15 is 0 Å².